The number of halogens is 1. The summed E-state index contributed by atoms with van der Waals surface area (Å²) in [6.07, 6.45) is 2.35. The van der Waals surface area contributed by atoms with Gasteiger partial charge in [0, 0.05) is 7.05 Å². The van der Waals surface area contributed by atoms with Crippen molar-refractivity contribution in [3.63, 3.8) is 0 Å². The van der Waals surface area contributed by atoms with E-state index in [4.69, 9.17) is 0 Å². The molecule has 1 aliphatic rings. The van der Waals surface area contributed by atoms with Crippen molar-refractivity contribution < 1.29 is 12.8 Å². The average Bonchev–Trinajstić information content (AvgIpc) is 2.98. The highest BCUT2D eigenvalue weighted by Gasteiger charge is 2.52. The van der Waals surface area contributed by atoms with Gasteiger partial charge in [-0.2, -0.15) is 0 Å². The topological polar surface area (TPSA) is 50.3 Å². The molecule has 0 radical (unpaired) electrons. The molecule has 0 N–H and O–H groups in total. The van der Waals surface area contributed by atoms with Crippen LogP contribution in [0.5, 0.6) is 0 Å². The number of sulfonamides is 1. The normalized spacial score (nSPS) is 18.2. The van der Waals surface area contributed by atoms with E-state index in [9.17, 15) is 12.8 Å². The van der Waals surface area contributed by atoms with Crippen LogP contribution in [0, 0.1) is 5.82 Å². The predicted molar refractivity (Wildman–Crippen MR) is 59.2 cm³/mol. The van der Waals surface area contributed by atoms with Gasteiger partial charge in [0.1, 0.15) is 11.6 Å². The molecular weight excluding hydrogens is 231 g/mol. The molecule has 0 bridgehead atoms. The fraction of sp³-hybridized carbons (Fsp3) is 0.500. The summed E-state index contributed by atoms with van der Waals surface area (Å²) in [7, 11) is -1.94. The molecule has 4 nitrogen and oxygen atoms in total. The van der Waals surface area contributed by atoms with Crippen molar-refractivity contribution in [2.24, 2.45) is 0 Å². The van der Waals surface area contributed by atoms with Gasteiger partial charge in [-0.3, -0.25) is 4.31 Å². The summed E-state index contributed by atoms with van der Waals surface area (Å²) in [6.45, 7) is 1.71. The molecule has 1 heterocycles. The third kappa shape index (κ3) is 1.67. The Kier molecular flexibility index (Phi) is 2.41. The zero-order valence-corrected chi connectivity index (χ0v) is 9.96. The molecule has 0 amide bonds. The maximum Gasteiger partial charge on any atom is 0.241 e. The summed E-state index contributed by atoms with van der Waals surface area (Å²) in [5.41, 5.74) is 0. The van der Waals surface area contributed by atoms with E-state index in [0.29, 0.717) is 12.8 Å². The smallest absolute Gasteiger partial charge is 0.241 e. The van der Waals surface area contributed by atoms with Gasteiger partial charge >= 0.3 is 0 Å². The van der Waals surface area contributed by atoms with Crippen LogP contribution >= 0.6 is 0 Å². The van der Waals surface area contributed by atoms with Crippen molar-refractivity contribution in [3.8, 4) is 0 Å². The van der Waals surface area contributed by atoms with Crippen LogP contribution in [-0.2, 0) is 10.0 Å². The summed E-state index contributed by atoms with van der Waals surface area (Å²) in [5.74, 6) is -0.235. The van der Waals surface area contributed by atoms with Crippen molar-refractivity contribution in [3.05, 3.63) is 24.1 Å². The first-order valence-electron chi connectivity index (χ1n) is 4.97. The van der Waals surface area contributed by atoms with Crippen LogP contribution in [0.15, 0.2) is 18.3 Å². The molecule has 1 aromatic heterocycles. The minimum absolute atomic E-state index is 0.245. The SMILES string of the molecule is CN(c1ccc(F)cn1)S(=O)(=O)C1(C)CC1. The lowest BCUT2D eigenvalue weighted by molar-refractivity contribution is 0.579. The molecule has 6 heteroatoms. The Balaban J connectivity index is 2.32. The molecule has 0 aliphatic heterocycles. The minimum atomic E-state index is -3.38. The minimum Gasteiger partial charge on any atom is -0.256 e. The van der Waals surface area contributed by atoms with E-state index >= 15 is 0 Å². The van der Waals surface area contributed by atoms with Crippen molar-refractivity contribution in [2.45, 2.75) is 24.5 Å². The predicted octanol–water partition coefficient (Wildman–Crippen LogP) is 1.54. The molecule has 1 fully saturated rings. The van der Waals surface area contributed by atoms with E-state index in [-0.39, 0.29) is 5.82 Å². The number of pyridine rings is 1. The monoisotopic (exact) mass is 244 g/mol. The molecule has 0 unspecified atom stereocenters. The molecule has 1 saturated carbocycles. The highest BCUT2D eigenvalue weighted by atomic mass is 32.2. The zero-order chi connectivity index (χ0) is 12.0. The summed E-state index contributed by atoms with van der Waals surface area (Å²) in [5, 5.41) is 0. The lowest BCUT2D eigenvalue weighted by atomic mass is 10.4. The van der Waals surface area contributed by atoms with Gasteiger partial charge in [-0.25, -0.2) is 17.8 Å². The molecule has 0 aromatic carbocycles. The van der Waals surface area contributed by atoms with E-state index in [1.807, 2.05) is 0 Å². The van der Waals surface area contributed by atoms with Gasteiger partial charge < -0.3 is 0 Å². The number of rotatable bonds is 3. The summed E-state index contributed by atoms with van der Waals surface area (Å²) in [4.78, 5) is 3.76. The van der Waals surface area contributed by atoms with Gasteiger partial charge in [0.25, 0.3) is 0 Å². The van der Waals surface area contributed by atoms with Crippen molar-refractivity contribution in [1.29, 1.82) is 0 Å². The molecule has 16 heavy (non-hydrogen) atoms. The lowest BCUT2D eigenvalue weighted by Crippen LogP contribution is -2.36. The summed E-state index contributed by atoms with van der Waals surface area (Å²) < 4.78 is 37.3. The second-order valence-electron chi connectivity index (χ2n) is 4.26. The highest BCUT2D eigenvalue weighted by molar-refractivity contribution is 7.94. The van der Waals surface area contributed by atoms with Gasteiger partial charge in [-0.05, 0) is 31.9 Å². The number of anilines is 1. The van der Waals surface area contributed by atoms with Gasteiger partial charge in [0.2, 0.25) is 10.0 Å². The zero-order valence-electron chi connectivity index (χ0n) is 9.14. The first kappa shape index (κ1) is 11.3. The van der Waals surface area contributed by atoms with E-state index < -0.39 is 20.6 Å². The third-order valence-electron chi connectivity index (χ3n) is 2.97. The van der Waals surface area contributed by atoms with Crippen molar-refractivity contribution in [1.82, 2.24) is 4.98 Å². The van der Waals surface area contributed by atoms with Gasteiger partial charge in [0.05, 0.1) is 10.9 Å². The molecule has 1 aromatic rings. The first-order chi connectivity index (χ1) is 7.37. The molecule has 0 spiro atoms. The number of hydrogen-bond donors (Lipinski definition) is 0. The molecular formula is C10H13FN2O2S. The lowest BCUT2D eigenvalue weighted by Gasteiger charge is -2.22. The van der Waals surface area contributed by atoms with Crippen LogP contribution in [0.1, 0.15) is 19.8 Å². The van der Waals surface area contributed by atoms with E-state index in [1.165, 1.54) is 19.2 Å². The van der Waals surface area contributed by atoms with Crippen LogP contribution in [0.4, 0.5) is 10.2 Å². The average molecular weight is 244 g/mol. The molecule has 0 atom stereocenters. The van der Waals surface area contributed by atoms with E-state index in [1.54, 1.807) is 6.92 Å². The fourth-order valence-corrected chi connectivity index (χ4v) is 3.08. The maximum atomic E-state index is 12.7. The standard InChI is InChI=1S/C10H13FN2O2S/c1-10(5-6-10)16(14,15)13(2)9-4-3-8(11)7-12-9/h3-4,7H,5-6H2,1-2H3. The third-order valence-corrected chi connectivity index (χ3v) is 5.53. The van der Waals surface area contributed by atoms with E-state index in [2.05, 4.69) is 4.98 Å². The summed E-state index contributed by atoms with van der Waals surface area (Å²) >= 11 is 0. The largest absolute Gasteiger partial charge is 0.256 e. The van der Waals surface area contributed by atoms with Crippen molar-refractivity contribution >= 4 is 15.8 Å². The Labute approximate surface area is 94.2 Å². The second-order valence-corrected chi connectivity index (χ2v) is 6.74. The van der Waals surface area contributed by atoms with Crippen molar-refractivity contribution in [2.75, 3.05) is 11.4 Å². The number of nitrogens with zero attached hydrogens (tertiary/aromatic N) is 2. The number of aromatic nitrogens is 1. The molecule has 1 aliphatic carbocycles. The first-order valence-corrected chi connectivity index (χ1v) is 6.41. The van der Waals surface area contributed by atoms with E-state index in [0.717, 1.165) is 10.5 Å². The van der Waals surface area contributed by atoms with Crippen LogP contribution in [0.3, 0.4) is 0 Å². The summed E-state index contributed by atoms with van der Waals surface area (Å²) in [6, 6.07) is 2.56. The van der Waals surface area contributed by atoms with Crippen LogP contribution in [0.25, 0.3) is 0 Å². The van der Waals surface area contributed by atoms with Crippen LogP contribution in [0.2, 0.25) is 0 Å². The highest BCUT2D eigenvalue weighted by Crippen LogP contribution is 2.44. The Morgan fingerprint density at radius 3 is 2.50 bits per heavy atom. The fourth-order valence-electron chi connectivity index (χ4n) is 1.44. The Morgan fingerprint density at radius 2 is 2.06 bits per heavy atom. The molecule has 2 rings (SSSR count). The Bertz CT molecular complexity index is 494. The second kappa shape index (κ2) is 3.41. The number of hydrogen-bond acceptors (Lipinski definition) is 3. The quantitative estimate of drug-likeness (QED) is 0.810. The van der Waals surface area contributed by atoms with Crippen LogP contribution in [-0.4, -0.2) is 25.2 Å². The van der Waals surface area contributed by atoms with Crippen LogP contribution < -0.4 is 4.31 Å². The maximum absolute atomic E-state index is 12.7. The molecule has 0 saturated heterocycles. The van der Waals surface area contributed by atoms with Gasteiger partial charge in [-0.15, -0.1) is 0 Å². The van der Waals surface area contributed by atoms with Gasteiger partial charge in [-0.1, -0.05) is 0 Å². The Hall–Kier alpha value is -1.17. The Morgan fingerprint density at radius 1 is 1.44 bits per heavy atom. The van der Waals surface area contributed by atoms with Gasteiger partial charge in [0.15, 0.2) is 0 Å². The molecule has 88 valence electrons.